The van der Waals surface area contributed by atoms with E-state index in [0.717, 1.165) is 49.7 Å². The highest BCUT2D eigenvalue weighted by molar-refractivity contribution is 7.99. The zero-order valence-electron chi connectivity index (χ0n) is 17.2. The van der Waals surface area contributed by atoms with Gasteiger partial charge in [-0.2, -0.15) is 0 Å². The first-order chi connectivity index (χ1) is 15.0. The lowest BCUT2D eigenvalue weighted by Gasteiger charge is -2.32. The van der Waals surface area contributed by atoms with Gasteiger partial charge in [0.15, 0.2) is 5.82 Å². The van der Waals surface area contributed by atoms with Crippen LogP contribution in [0.15, 0.2) is 35.4 Å². The summed E-state index contributed by atoms with van der Waals surface area (Å²) in [7, 11) is 0. The number of carbonyl (C=O) groups is 2. The number of nitrogens with one attached hydrogen (secondary N) is 2. The normalized spacial score (nSPS) is 16.1. The molecule has 1 atom stereocenters. The lowest BCUT2D eigenvalue weighted by molar-refractivity contribution is -0.125. The van der Waals surface area contributed by atoms with Crippen molar-refractivity contribution in [2.45, 2.75) is 31.2 Å². The molecular formula is C21H25F2N5O2S. The van der Waals surface area contributed by atoms with Crippen LogP contribution in [0.1, 0.15) is 26.2 Å². The molecule has 1 aliphatic heterocycles. The Labute approximate surface area is 184 Å². The van der Waals surface area contributed by atoms with Crippen molar-refractivity contribution in [3.8, 4) is 0 Å². The van der Waals surface area contributed by atoms with Gasteiger partial charge in [-0.1, -0.05) is 24.8 Å². The average molecular weight is 450 g/mol. The van der Waals surface area contributed by atoms with Gasteiger partial charge in [0.1, 0.15) is 22.3 Å². The highest BCUT2D eigenvalue weighted by atomic mass is 32.2. The van der Waals surface area contributed by atoms with Crippen LogP contribution in [0.4, 0.5) is 20.3 Å². The maximum absolute atomic E-state index is 13.6. The number of hydrogen-bond donors (Lipinski definition) is 2. The lowest BCUT2D eigenvalue weighted by Crippen LogP contribution is -2.43. The highest BCUT2D eigenvalue weighted by Gasteiger charge is 2.26. The Balaban J connectivity index is 1.52. The molecule has 0 spiro atoms. The number of anilines is 2. The summed E-state index contributed by atoms with van der Waals surface area (Å²) in [5.41, 5.74) is -0.461. The van der Waals surface area contributed by atoms with Gasteiger partial charge in [-0.25, -0.2) is 8.78 Å². The molecule has 2 N–H and O–H groups in total. The van der Waals surface area contributed by atoms with Crippen LogP contribution in [0.2, 0.25) is 0 Å². The maximum atomic E-state index is 13.6. The third-order valence-electron chi connectivity index (χ3n) is 4.87. The summed E-state index contributed by atoms with van der Waals surface area (Å²) < 4.78 is 27.2. The number of benzene rings is 1. The van der Waals surface area contributed by atoms with Crippen LogP contribution in [0.25, 0.3) is 0 Å². The fraction of sp³-hybridized carbons (Fsp3) is 0.429. The van der Waals surface area contributed by atoms with Crippen molar-refractivity contribution < 1.29 is 18.4 Å². The molecule has 1 aromatic carbocycles. The number of aromatic nitrogens is 2. The minimum absolute atomic E-state index is 0.0643. The highest BCUT2D eigenvalue weighted by Crippen LogP contribution is 2.24. The molecule has 0 saturated carbocycles. The minimum atomic E-state index is -0.828. The van der Waals surface area contributed by atoms with E-state index < -0.39 is 23.2 Å². The second-order valence-electron chi connectivity index (χ2n) is 7.24. The van der Waals surface area contributed by atoms with Crippen molar-refractivity contribution >= 4 is 35.1 Å². The van der Waals surface area contributed by atoms with Crippen molar-refractivity contribution in [1.82, 2.24) is 15.5 Å². The first-order valence-corrected chi connectivity index (χ1v) is 11.2. The number of halogens is 2. The fourth-order valence-electron chi connectivity index (χ4n) is 3.28. The predicted octanol–water partition coefficient (Wildman–Crippen LogP) is 3.23. The summed E-state index contributed by atoms with van der Waals surface area (Å²) in [6.45, 7) is 4.09. The summed E-state index contributed by atoms with van der Waals surface area (Å²) in [6, 6.07) is 6.93. The van der Waals surface area contributed by atoms with Crippen molar-refractivity contribution in [3.05, 3.63) is 42.0 Å². The smallest absolute Gasteiger partial charge is 0.234 e. The molecule has 0 aliphatic carbocycles. The van der Waals surface area contributed by atoms with E-state index in [-0.39, 0.29) is 17.6 Å². The number of carbonyl (C=O) groups excluding carboxylic acids is 2. The maximum Gasteiger partial charge on any atom is 0.234 e. The number of rotatable bonds is 8. The lowest BCUT2D eigenvalue weighted by atomic mass is 9.97. The first kappa shape index (κ1) is 22.9. The van der Waals surface area contributed by atoms with Crippen LogP contribution in [0.5, 0.6) is 0 Å². The SMILES string of the molecule is CCCNC(=O)[C@@H]1CCCN(c2ccc(SCC(=O)Nc3c(F)cccc3F)nn2)C1. The molecule has 2 heterocycles. The van der Waals surface area contributed by atoms with E-state index in [2.05, 4.69) is 20.8 Å². The molecule has 2 aromatic rings. The summed E-state index contributed by atoms with van der Waals surface area (Å²) in [5.74, 6) is -1.59. The van der Waals surface area contributed by atoms with Gasteiger partial charge in [0.05, 0.1) is 11.7 Å². The second-order valence-corrected chi connectivity index (χ2v) is 8.24. The summed E-state index contributed by atoms with van der Waals surface area (Å²) >= 11 is 1.12. The Morgan fingerprint density at radius 3 is 2.65 bits per heavy atom. The van der Waals surface area contributed by atoms with Crippen molar-refractivity contribution in [2.24, 2.45) is 5.92 Å². The molecule has 0 radical (unpaired) electrons. The van der Waals surface area contributed by atoms with Crippen molar-refractivity contribution in [2.75, 3.05) is 35.6 Å². The van der Waals surface area contributed by atoms with Crippen LogP contribution in [-0.2, 0) is 9.59 Å². The van der Waals surface area contributed by atoms with Gasteiger partial charge >= 0.3 is 0 Å². The summed E-state index contributed by atoms with van der Waals surface area (Å²) in [5, 5.41) is 14.0. The van der Waals surface area contributed by atoms with E-state index in [1.165, 1.54) is 6.07 Å². The summed E-state index contributed by atoms with van der Waals surface area (Å²) in [4.78, 5) is 26.3. The molecule has 31 heavy (non-hydrogen) atoms. The summed E-state index contributed by atoms with van der Waals surface area (Å²) in [6.07, 6.45) is 2.65. The molecule has 10 heteroatoms. The van der Waals surface area contributed by atoms with Crippen LogP contribution in [0.3, 0.4) is 0 Å². The minimum Gasteiger partial charge on any atom is -0.356 e. The van der Waals surface area contributed by atoms with E-state index in [9.17, 15) is 18.4 Å². The topological polar surface area (TPSA) is 87.2 Å². The van der Waals surface area contributed by atoms with Gasteiger partial charge in [0.2, 0.25) is 11.8 Å². The van der Waals surface area contributed by atoms with Gasteiger partial charge < -0.3 is 15.5 Å². The molecule has 2 amide bonds. The number of nitrogens with zero attached hydrogens (tertiary/aromatic N) is 3. The van der Waals surface area contributed by atoms with Crippen LogP contribution < -0.4 is 15.5 Å². The predicted molar refractivity (Wildman–Crippen MR) is 116 cm³/mol. The number of para-hydroxylation sites is 1. The molecule has 1 saturated heterocycles. The molecule has 3 rings (SSSR count). The van der Waals surface area contributed by atoms with Gasteiger partial charge in [0, 0.05) is 19.6 Å². The second kappa shape index (κ2) is 11.0. The molecule has 1 aromatic heterocycles. The number of amides is 2. The first-order valence-electron chi connectivity index (χ1n) is 10.2. The van der Waals surface area contributed by atoms with E-state index in [0.29, 0.717) is 23.9 Å². The Morgan fingerprint density at radius 2 is 1.97 bits per heavy atom. The number of piperidine rings is 1. The molecule has 0 bridgehead atoms. The van der Waals surface area contributed by atoms with Crippen LogP contribution >= 0.6 is 11.8 Å². The van der Waals surface area contributed by atoms with Gasteiger partial charge in [-0.05, 0) is 43.5 Å². The number of thioether (sulfide) groups is 1. The van der Waals surface area contributed by atoms with Crippen molar-refractivity contribution in [1.29, 1.82) is 0 Å². The molecule has 1 fully saturated rings. The molecule has 7 nitrogen and oxygen atoms in total. The van der Waals surface area contributed by atoms with E-state index in [1.807, 2.05) is 11.8 Å². The molecule has 0 unspecified atom stereocenters. The van der Waals surface area contributed by atoms with Gasteiger partial charge in [-0.3, -0.25) is 9.59 Å². The van der Waals surface area contributed by atoms with Gasteiger partial charge in [0.25, 0.3) is 0 Å². The zero-order chi connectivity index (χ0) is 22.2. The third kappa shape index (κ3) is 6.36. The largest absolute Gasteiger partial charge is 0.356 e. The molecule has 1 aliphatic rings. The fourth-order valence-corrected chi connectivity index (χ4v) is 3.90. The van der Waals surface area contributed by atoms with Crippen LogP contribution in [-0.4, -0.2) is 47.4 Å². The zero-order valence-corrected chi connectivity index (χ0v) is 18.1. The quantitative estimate of drug-likeness (QED) is 0.602. The Morgan fingerprint density at radius 1 is 1.19 bits per heavy atom. The Kier molecular flexibility index (Phi) is 8.16. The monoisotopic (exact) mass is 449 g/mol. The van der Waals surface area contributed by atoms with E-state index in [4.69, 9.17) is 0 Å². The third-order valence-corrected chi connectivity index (χ3v) is 5.79. The van der Waals surface area contributed by atoms with Gasteiger partial charge in [-0.15, -0.1) is 10.2 Å². The standard InChI is InChI=1S/C21H25F2N5O2S/c1-2-10-24-21(30)14-5-4-11-28(12-14)17-8-9-19(27-26-17)31-13-18(29)25-20-15(22)6-3-7-16(20)23/h3,6-9,14H,2,4-5,10-13H2,1H3,(H,24,30)(H,25,29)/t14-/m1/s1. The molecular weight excluding hydrogens is 424 g/mol. The average Bonchev–Trinajstić information content (AvgIpc) is 2.79. The van der Waals surface area contributed by atoms with Crippen molar-refractivity contribution in [3.63, 3.8) is 0 Å². The Bertz CT molecular complexity index is 893. The Hall–Kier alpha value is -2.75. The van der Waals surface area contributed by atoms with Crippen LogP contribution in [0, 0.1) is 17.6 Å². The number of hydrogen-bond acceptors (Lipinski definition) is 6. The van der Waals surface area contributed by atoms with E-state index in [1.54, 1.807) is 12.1 Å². The van der Waals surface area contributed by atoms with E-state index >= 15 is 0 Å². The molecule has 166 valence electrons.